The standard InChI is InChI=1S/C22H20N4/c1-2-10-22-19(7-1)13-18(14-25-22)15-26(16-20-8-3-5-11-23-20)17-21-9-4-6-12-24-21/h1-14H,15-17H2. The second-order valence-corrected chi connectivity index (χ2v) is 6.32. The fraction of sp³-hybridized carbons (Fsp3) is 0.136. The Balaban J connectivity index is 1.58. The molecule has 0 unspecified atom stereocenters. The molecule has 0 N–H and O–H groups in total. The van der Waals surface area contributed by atoms with Crippen LogP contribution in [0.5, 0.6) is 0 Å². The third-order valence-corrected chi connectivity index (χ3v) is 4.28. The highest BCUT2D eigenvalue weighted by Crippen LogP contribution is 2.16. The van der Waals surface area contributed by atoms with Crippen LogP contribution in [0.4, 0.5) is 0 Å². The Morgan fingerprint density at radius 1 is 0.654 bits per heavy atom. The smallest absolute Gasteiger partial charge is 0.0702 e. The summed E-state index contributed by atoms with van der Waals surface area (Å²) >= 11 is 0. The summed E-state index contributed by atoms with van der Waals surface area (Å²) in [5.74, 6) is 0. The lowest BCUT2D eigenvalue weighted by atomic mass is 10.1. The number of hydrogen-bond donors (Lipinski definition) is 0. The van der Waals surface area contributed by atoms with E-state index in [1.54, 1.807) is 0 Å². The molecular formula is C22H20N4. The van der Waals surface area contributed by atoms with Gasteiger partial charge in [0.2, 0.25) is 0 Å². The van der Waals surface area contributed by atoms with Crippen molar-refractivity contribution in [1.82, 2.24) is 19.9 Å². The molecule has 4 aromatic rings. The Bertz CT molecular complexity index is 929. The maximum atomic E-state index is 4.59. The molecule has 128 valence electrons. The lowest BCUT2D eigenvalue weighted by molar-refractivity contribution is 0.241. The van der Waals surface area contributed by atoms with Crippen molar-refractivity contribution in [2.24, 2.45) is 0 Å². The maximum absolute atomic E-state index is 4.59. The van der Waals surface area contributed by atoms with Gasteiger partial charge in [-0.05, 0) is 42.0 Å². The fourth-order valence-electron chi connectivity index (χ4n) is 3.07. The molecule has 0 aliphatic rings. The number of benzene rings is 1. The Labute approximate surface area is 153 Å². The summed E-state index contributed by atoms with van der Waals surface area (Å²) in [5, 5.41) is 1.17. The molecule has 0 atom stereocenters. The number of hydrogen-bond acceptors (Lipinski definition) is 4. The van der Waals surface area contributed by atoms with E-state index in [4.69, 9.17) is 0 Å². The molecule has 0 bridgehead atoms. The molecule has 0 aliphatic heterocycles. The zero-order chi connectivity index (χ0) is 17.6. The van der Waals surface area contributed by atoms with Crippen LogP contribution < -0.4 is 0 Å². The van der Waals surface area contributed by atoms with Crippen molar-refractivity contribution in [2.75, 3.05) is 0 Å². The molecule has 3 aromatic heterocycles. The molecule has 0 fully saturated rings. The third-order valence-electron chi connectivity index (χ3n) is 4.28. The minimum Gasteiger partial charge on any atom is -0.287 e. The molecule has 0 spiro atoms. The van der Waals surface area contributed by atoms with Crippen molar-refractivity contribution >= 4 is 10.9 Å². The van der Waals surface area contributed by atoms with E-state index in [1.165, 1.54) is 10.9 Å². The number of pyridine rings is 3. The van der Waals surface area contributed by atoms with Gasteiger partial charge in [0.15, 0.2) is 0 Å². The van der Waals surface area contributed by atoms with Crippen LogP contribution in [0.25, 0.3) is 10.9 Å². The largest absolute Gasteiger partial charge is 0.287 e. The second-order valence-electron chi connectivity index (χ2n) is 6.32. The zero-order valence-electron chi connectivity index (χ0n) is 14.5. The Morgan fingerprint density at radius 2 is 1.31 bits per heavy atom. The lowest BCUT2D eigenvalue weighted by Gasteiger charge is -2.22. The Morgan fingerprint density at radius 3 is 1.96 bits per heavy atom. The average molecular weight is 340 g/mol. The first kappa shape index (κ1) is 16.4. The van der Waals surface area contributed by atoms with Crippen molar-refractivity contribution in [3.63, 3.8) is 0 Å². The predicted octanol–water partition coefficient (Wildman–Crippen LogP) is 4.23. The Kier molecular flexibility index (Phi) is 4.94. The van der Waals surface area contributed by atoms with Crippen LogP contribution in [0.2, 0.25) is 0 Å². The molecule has 4 rings (SSSR count). The van der Waals surface area contributed by atoms with Gasteiger partial charge in [-0.3, -0.25) is 19.9 Å². The Hall–Kier alpha value is -3.11. The molecule has 4 heteroatoms. The van der Waals surface area contributed by atoms with Gasteiger partial charge in [0.05, 0.1) is 16.9 Å². The zero-order valence-corrected chi connectivity index (χ0v) is 14.5. The van der Waals surface area contributed by atoms with Crippen LogP contribution in [0.3, 0.4) is 0 Å². The average Bonchev–Trinajstić information content (AvgIpc) is 2.69. The van der Waals surface area contributed by atoms with E-state index in [1.807, 2.05) is 61.1 Å². The van der Waals surface area contributed by atoms with E-state index in [9.17, 15) is 0 Å². The van der Waals surface area contributed by atoms with E-state index in [2.05, 4.69) is 44.1 Å². The van der Waals surface area contributed by atoms with Crippen molar-refractivity contribution in [3.05, 3.63) is 102 Å². The first-order chi connectivity index (χ1) is 12.9. The van der Waals surface area contributed by atoms with Gasteiger partial charge in [-0.2, -0.15) is 0 Å². The number of fused-ring (bicyclic) bond motifs is 1. The molecule has 0 amide bonds. The summed E-state index contributed by atoms with van der Waals surface area (Å²) in [6.45, 7) is 2.33. The summed E-state index contributed by atoms with van der Waals surface area (Å²) in [7, 11) is 0. The second kappa shape index (κ2) is 7.85. The quantitative estimate of drug-likeness (QED) is 0.527. The van der Waals surface area contributed by atoms with Crippen molar-refractivity contribution < 1.29 is 0 Å². The molecule has 26 heavy (non-hydrogen) atoms. The van der Waals surface area contributed by atoms with E-state index in [0.717, 1.165) is 36.5 Å². The van der Waals surface area contributed by atoms with Crippen LogP contribution in [-0.4, -0.2) is 19.9 Å². The van der Waals surface area contributed by atoms with Gasteiger partial charge in [-0.25, -0.2) is 0 Å². The summed E-state index contributed by atoms with van der Waals surface area (Å²) in [6, 6.07) is 22.5. The molecule has 0 radical (unpaired) electrons. The van der Waals surface area contributed by atoms with Gasteiger partial charge in [0, 0.05) is 43.6 Å². The van der Waals surface area contributed by atoms with Gasteiger partial charge < -0.3 is 0 Å². The molecule has 0 aliphatic carbocycles. The van der Waals surface area contributed by atoms with Gasteiger partial charge in [0.1, 0.15) is 0 Å². The van der Waals surface area contributed by atoms with Crippen LogP contribution in [0.15, 0.2) is 85.3 Å². The number of aromatic nitrogens is 3. The van der Waals surface area contributed by atoms with Crippen LogP contribution in [0.1, 0.15) is 17.0 Å². The topological polar surface area (TPSA) is 41.9 Å². The van der Waals surface area contributed by atoms with Gasteiger partial charge in [-0.1, -0.05) is 30.3 Å². The van der Waals surface area contributed by atoms with Crippen molar-refractivity contribution in [1.29, 1.82) is 0 Å². The van der Waals surface area contributed by atoms with Crippen molar-refractivity contribution in [3.8, 4) is 0 Å². The molecule has 4 nitrogen and oxygen atoms in total. The summed E-state index contributed by atoms with van der Waals surface area (Å²) in [4.78, 5) is 15.9. The minimum atomic E-state index is 0.768. The fourth-order valence-corrected chi connectivity index (χ4v) is 3.07. The van der Waals surface area contributed by atoms with Crippen LogP contribution in [0, 0.1) is 0 Å². The van der Waals surface area contributed by atoms with Gasteiger partial charge in [0.25, 0.3) is 0 Å². The highest BCUT2D eigenvalue weighted by Gasteiger charge is 2.10. The highest BCUT2D eigenvalue weighted by atomic mass is 15.1. The summed E-state index contributed by atoms with van der Waals surface area (Å²) in [6.07, 6.45) is 5.64. The molecule has 0 saturated carbocycles. The molecular weight excluding hydrogens is 320 g/mol. The molecule has 0 saturated heterocycles. The predicted molar refractivity (Wildman–Crippen MR) is 103 cm³/mol. The SMILES string of the molecule is c1ccc(CN(Cc2cnc3ccccc3c2)Cc2ccccn2)nc1. The maximum Gasteiger partial charge on any atom is 0.0702 e. The van der Waals surface area contributed by atoms with E-state index in [-0.39, 0.29) is 0 Å². The van der Waals surface area contributed by atoms with Gasteiger partial charge >= 0.3 is 0 Å². The first-order valence-electron chi connectivity index (χ1n) is 8.73. The summed E-state index contributed by atoms with van der Waals surface area (Å²) < 4.78 is 0. The van der Waals surface area contributed by atoms with Crippen LogP contribution >= 0.6 is 0 Å². The number of para-hydroxylation sites is 1. The van der Waals surface area contributed by atoms with E-state index in [0.29, 0.717) is 0 Å². The third kappa shape index (κ3) is 4.10. The molecule has 3 heterocycles. The van der Waals surface area contributed by atoms with Crippen molar-refractivity contribution in [2.45, 2.75) is 19.6 Å². The van der Waals surface area contributed by atoms with Crippen LogP contribution in [-0.2, 0) is 19.6 Å². The normalized spacial score (nSPS) is 11.1. The number of nitrogens with zero attached hydrogens (tertiary/aromatic N) is 4. The minimum absolute atomic E-state index is 0.768. The van der Waals surface area contributed by atoms with Gasteiger partial charge in [-0.15, -0.1) is 0 Å². The molecule has 1 aromatic carbocycles. The van der Waals surface area contributed by atoms with E-state index < -0.39 is 0 Å². The number of rotatable bonds is 6. The van der Waals surface area contributed by atoms with E-state index >= 15 is 0 Å². The first-order valence-corrected chi connectivity index (χ1v) is 8.73. The lowest BCUT2D eigenvalue weighted by Crippen LogP contribution is -2.23. The highest BCUT2D eigenvalue weighted by molar-refractivity contribution is 5.78. The monoisotopic (exact) mass is 340 g/mol. The summed E-state index contributed by atoms with van der Waals surface area (Å²) in [5.41, 5.74) is 4.32.